The topological polar surface area (TPSA) is 77.8 Å². The van der Waals surface area contributed by atoms with Gasteiger partial charge in [0.2, 0.25) is 0 Å². The maximum atomic E-state index is 12.8. The Kier molecular flexibility index (Phi) is 6.39. The summed E-state index contributed by atoms with van der Waals surface area (Å²) < 4.78 is 5.11. The highest BCUT2D eigenvalue weighted by atomic mass is 32.1. The van der Waals surface area contributed by atoms with Gasteiger partial charge in [-0.05, 0) is 49.4 Å². The predicted molar refractivity (Wildman–Crippen MR) is 123 cm³/mol. The van der Waals surface area contributed by atoms with Crippen LogP contribution >= 0.6 is 11.3 Å². The van der Waals surface area contributed by atoms with E-state index in [1.54, 1.807) is 18.2 Å². The molecule has 2 amide bonds. The number of rotatable bonds is 6. The van der Waals surface area contributed by atoms with Crippen LogP contribution in [0.25, 0.3) is 0 Å². The van der Waals surface area contributed by atoms with Crippen molar-refractivity contribution in [3.05, 3.63) is 70.5 Å². The van der Waals surface area contributed by atoms with Gasteiger partial charge in [-0.1, -0.05) is 18.2 Å². The number of nitrogens with zero attached hydrogens (tertiary/aromatic N) is 2. The van der Waals surface area contributed by atoms with E-state index in [1.807, 2.05) is 19.1 Å². The van der Waals surface area contributed by atoms with E-state index in [1.165, 1.54) is 23.3 Å². The van der Waals surface area contributed by atoms with Gasteiger partial charge in [-0.25, -0.2) is 0 Å². The molecule has 7 nitrogen and oxygen atoms in total. The predicted octanol–water partition coefficient (Wildman–Crippen LogP) is 3.58. The first kappa shape index (κ1) is 21.1. The van der Waals surface area contributed by atoms with Gasteiger partial charge in [0.05, 0.1) is 16.1 Å². The number of carbonyl (C=O) groups is 2. The second-order valence-corrected chi connectivity index (χ2v) is 8.71. The SMILES string of the molecule is Cc1cc(NC(=O)c2ccco2)sc1C(=O)NCc1ccccc1N1CCN(C)CC1. The molecule has 0 radical (unpaired) electrons. The van der Waals surface area contributed by atoms with Crippen LogP contribution in [0.2, 0.25) is 0 Å². The van der Waals surface area contributed by atoms with Gasteiger partial charge in [0.15, 0.2) is 5.76 Å². The Balaban J connectivity index is 1.41. The monoisotopic (exact) mass is 438 g/mol. The molecule has 4 rings (SSSR count). The molecule has 1 aliphatic heterocycles. The summed E-state index contributed by atoms with van der Waals surface area (Å²) in [5.41, 5.74) is 3.09. The molecule has 31 heavy (non-hydrogen) atoms. The van der Waals surface area contributed by atoms with E-state index in [4.69, 9.17) is 4.42 Å². The molecule has 1 aromatic carbocycles. The molecule has 8 heteroatoms. The largest absolute Gasteiger partial charge is 0.459 e. The lowest BCUT2D eigenvalue weighted by Gasteiger charge is -2.35. The fourth-order valence-electron chi connectivity index (χ4n) is 3.62. The van der Waals surface area contributed by atoms with Crippen LogP contribution in [0.4, 0.5) is 10.7 Å². The zero-order valence-electron chi connectivity index (χ0n) is 17.7. The standard InChI is InChI=1S/C23H26N4O3S/c1-16-14-20(25-22(28)19-8-5-13-30-19)31-21(16)23(29)24-15-17-6-3-4-7-18(17)27-11-9-26(2)10-12-27/h3-8,13-14H,9-12,15H2,1-2H3,(H,24,29)(H,25,28). The number of amides is 2. The van der Waals surface area contributed by atoms with Crippen molar-refractivity contribution in [1.82, 2.24) is 10.2 Å². The zero-order chi connectivity index (χ0) is 21.8. The highest BCUT2D eigenvalue weighted by Crippen LogP contribution is 2.28. The molecule has 0 aliphatic carbocycles. The second kappa shape index (κ2) is 9.36. The molecule has 1 fully saturated rings. The number of nitrogens with one attached hydrogen (secondary N) is 2. The van der Waals surface area contributed by atoms with Crippen molar-refractivity contribution in [2.45, 2.75) is 13.5 Å². The Hall–Kier alpha value is -3.10. The van der Waals surface area contributed by atoms with E-state index in [2.05, 4.69) is 39.6 Å². The number of thiophene rings is 1. The van der Waals surface area contributed by atoms with E-state index >= 15 is 0 Å². The summed E-state index contributed by atoms with van der Waals surface area (Å²) in [6.45, 7) is 6.33. The summed E-state index contributed by atoms with van der Waals surface area (Å²) in [4.78, 5) is 30.3. The molecule has 3 heterocycles. The second-order valence-electron chi connectivity index (χ2n) is 7.66. The van der Waals surface area contributed by atoms with Crippen LogP contribution in [0.15, 0.2) is 53.1 Å². The highest BCUT2D eigenvalue weighted by Gasteiger charge is 2.19. The van der Waals surface area contributed by atoms with E-state index < -0.39 is 0 Å². The number of likely N-dealkylation sites (N-methyl/N-ethyl adjacent to an activating group) is 1. The van der Waals surface area contributed by atoms with Gasteiger partial charge >= 0.3 is 0 Å². The lowest BCUT2D eigenvalue weighted by Crippen LogP contribution is -2.45. The van der Waals surface area contributed by atoms with E-state index in [-0.39, 0.29) is 17.6 Å². The molecular weight excluding hydrogens is 412 g/mol. The Morgan fingerprint density at radius 2 is 1.84 bits per heavy atom. The van der Waals surface area contributed by atoms with Gasteiger partial charge in [0, 0.05) is 38.4 Å². The molecule has 1 saturated heterocycles. The fraction of sp³-hybridized carbons (Fsp3) is 0.304. The number of benzene rings is 1. The zero-order valence-corrected chi connectivity index (χ0v) is 18.5. The van der Waals surface area contributed by atoms with Crippen molar-refractivity contribution < 1.29 is 14.0 Å². The van der Waals surface area contributed by atoms with Crippen molar-refractivity contribution in [3.63, 3.8) is 0 Å². The molecule has 2 N–H and O–H groups in total. The summed E-state index contributed by atoms with van der Waals surface area (Å²) in [6.07, 6.45) is 1.45. The molecule has 2 aromatic heterocycles. The van der Waals surface area contributed by atoms with Crippen LogP contribution in [0.3, 0.4) is 0 Å². The Bertz CT molecular complexity index is 1050. The van der Waals surface area contributed by atoms with Crippen molar-refractivity contribution in [1.29, 1.82) is 0 Å². The summed E-state index contributed by atoms with van der Waals surface area (Å²) >= 11 is 1.26. The lowest BCUT2D eigenvalue weighted by atomic mass is 10.1. The van der Waals surface area contributed by atoms with E-state index in [9.17, 15) is 9.59 Å². The molecule has 0 saturated carbocycles. The molecule has 3 aromatic rings. The maximum Gasteiger partial charge on any atom is 0.291 e. The molecule has 1 aliphatic rings. The van der Waals surface area contributed by atoms with E-state index in [0.717, 1.165) is 37.3 Å². The summed E-state index contributed by atoms with van der Waals surface area (Å²) in [5.74, 6) is -0.244. The quantitative estimate of drug-likeness (QED) is 0.615. The number of furan rings is 1. The third-order valence-corrected chi connectivity index (χ3v) is 6.53. The van der Waals surface area contributed by atoms with Crippen LogP contribution < -0.4 is 15.5 Å². The molecule has 0 atom stereocenters. The van der Waals surface area contributed by atoms with Crippen molar-refractivity contribution >= 4 is 33.8 Å². The highest BCUT2D eigenvalue weighted by molar-refractivity contribution is 7.18. The summed E-state index contributed by atoms with van der Waals surface area (Å²) in [5, 5.41) is 6.44. The summed E-state index contributed by atoms with van der Waals surface area (Å²) in [7, 11) is 2.14. The third kappa shape index (κ3) is 4.98. The van der Waals surface area contributed by atoms with Gasteiger partial charge in [0.25, 0.3) is 11.8 Å². The lowest BCUT2D eigenvalue weighted by molar-refractivity contribution is 0.0953. The number of aryl methyl sites for hydroxylation is 1. The number of hydrogen-bond acceptors (Lipinski definition) is 6. The molecule has 162 valence electrons. The van der Waals surface area contributed by atoms with Crippen LogP contribution in [0.1, 0.15) is 31.4 Å². The van der Waals surface area contributed by atoms with Crippen LogP contribution in [0.5, 0.6) is 0 Å². The fourth-order valence-corrected chi connectivity index (χ4v) is 4.61. The molecule has 0 unspecified atom stereocenters. The summed E-state index contributed by atoms with van der Waals surface area (Å²) in [6, 6.07) is 13.3. The number of piperazine rings is 1. The van der Waals surface area contributed by atoms with Gasteiger partial charge in [-0.3, -0.25) is 9.59 Å². The Labute approximate surface area is 185 Å². The minimum Gasteiger partial charge on any atom is -0.459 e. The van der Waals surface area contributed by atoms with Crippen LogP contribution in [-0.2, 0) is 6.54 Å². The first-order valence-corrected chi connectivity index (χ1v) is 11.1. The first-order valence-electron chi connectivity index (χ1n) is 10.3. The third-order valence-electron chi connectivity index (χ3n) is 5.38. The van der Waals surface area contributed by atoms with E-state index in [0.29, 0.717) is 16.4 Å². The molecular formula is C23H26N4O3S. The van der Waals surface area contributed by atoms with Crippen LogP contribution in [-0.4, -0.2) is 49.9 Å². The number of carbonyl (C=O) groups excluding carboxylic acids is 2. The van der Waals surface area contributed by atoms with Gasteiger partial charge in [-0.15, -0.1) is 11.3 Å². The number of hydrogen-bond donors (Lipinski definition) is 2. The van der Waals surface area contributed by atoms with Gasteiger partial charge in [-0.2, -0.15) is 0 Å². The number of anilines is 2. The first-order chi connectivity index (χ1) is 15.0. The average molecular weight is 439 g/mol. The minimum atomic E-state index is -0.334. The van der Waals surface area contributed by atoms with Gasteiger partial charge < -0.3 is 24.9 Å². The van der Waals surface area contributed by atoms with Gasteiger partial charge in [0.1, 0.15) is 0 Å². The molecule has 0 spiro atoms. The van der Waals surface area contributed by atoms with Crippen molar-refractivity contribution in [2.24, 2.45) is 0 Å². The number of para-hydroxylation sites is 1. The normalized spacial score (nSPS) is 14.5. The van der Waals surface area contributed by atoms with Crippen molar-refractivity contribution in [2.75, 3.05) is 43.4 Å². The smallest absolute Gasteiger partial charge is 0.291 e. The molecule has 0 bridgehead atoms. The Morgan fingerprint density at radius 3 is 2.58 bits per heavy atom. The average Bonchev–Trinajstić information content (AvgIpc) is 3.43. The Morgan fingerprint density at radius 1 is 1.06 bits per heavy atom. The van der Waals surface area contributed by atoms with Crippen LogP contribution in [0, 0.1) is 6.92 Å². The minimum absolute atomic E-state index is 0.144. The van der Waals surface area contributed by atoms with Crippen molar-refractivity contribution in [3.8, 4) is 0 Å². The maximum absolute atomic E-state index is 12.8.